The van der Waals surface area contributed by atoms with Crippen molar-refractivity contribution in [1.82, 2.24) is 20.4 Å². The van der Waals surface area contributed by atoms with Gasteiger partial charge in [0.15, 0.2) is 23.3 Å². The van der Waals surface area contributed by atoms with Crippen LogP contribution in [0.3, 0.4) is 0 Å². The van der Waals surface area contributed by atoms with Crippen molar-refractivity contribution < 1.29 is 23.9 Å². The van der Waals surface area contributed by atoms with Crippen LogP contribution in [0.2, 0.25) is 0 Å². The van der Waals surface area contributed by atoms with Crippen molar-refractivity contribution in [3.8, 4) is 34.0 Å². The average molecular weight is 627 g/mol. The second kappa shape index (κ2) is 13.1. The van der Waals surface area contributed by atoms with E-state index in [2.05, 4.69) is 31.0 Å². The van der Waals surface area contributed by atoms with Crippen LogP contribution in [0.25, 0.3) is 22.5 Å². The number of nitrogens with zero attached hydrogens (tertiary/aromatic N) is 3. The molecule has 14 heteroatoms. The highest BCUT2D eigenvalue weighted by atomic mass is 19.1. The summed E-state index contributed by atoms with van der Waals surface area (Å²) in [6.45, 7) is 3.58. The molecule has 6 rings (SSSR count). The summed E-state index contributed by atoms with van der Waals surface area (Å²) in [6, 6.07) is 21.8. The van der Waals surface area contributed by atoms with Gasteiger partial charge in [-0.3, -0.25) is 20.3 Å². The first kappa shape index (κ1) is 31.0. The maximum absolute atomic E-state index is 14.5. The van der Waals surface area contributed by atoms with Crippen LogP contribution in [0.4, 0.5) is 43.2 Å². The zero-order valence-electron chi connectivity index (χ0n) is 24.5. The number of H-pyrrole nitrogens is 2. The van der Waals surface area contributed by atoms with E-state index in [0.717, 1.165) is 11.1 Å². The number of nitrogens with one attached hydrogen (secondary N) is 4. The molecule has 0 fully saturated rings. The number of benzene rings is 4. The molecule has 0 spiro atoms. The van der Waals surface area contributed by atoms with Gasteiger partial charge < -0.3 is 26.6 Å². The Bertz CT molecular complexity index is 2010. The molecule has 0 saturated heterocycles. The third-order valence-electron chi connectivity index (χ3n) is 6.91. The minimum atomic E-state index is -0.601. The number of phenols is 2. The number of nitro benzene ring substituents is 1. The lowest BCUT2D eigenvalue weighted by Crippen LogP contribution is -1.95. The van der Waals surface area contributed by atoms with Gasteiger partial charge in [-0.25, -0.2) is 8.78 Å². The average Bonchev–Trinajstić information content (AvgIpc) is 3.58. The van der Waals surface area contributed by atoms with Crippen LogP contribution in [0.5, 0.6) is 11.5 Å². The maximum atomic E-state index is 14.5. The number of aromatic amines is 2. The zero-order chi connectivity index (χ0) is 33.0. The molecular formula is C32H28F2N8O4. The van der Waals surface area contributed by atoms with Crippen LogP contribution in [0.15, 0.2) is 84.9 Å². The van der Waals surface area contributed by atoms with Crippen LogP contribution in [-0.4, -0.2) is 35.5 Å². The van der Waals surface area contributed by atoms with Crippen molar-refractivity contribution in [2.45, 2.75) is 13.8 Å². The van der Waals surface area contributed by atoms with E-state index in [-0.39, 0.29) is 34.5 Å². The number of hydrogen-bond donors (Lipinski definition) is 7. The van der Waals surface area contributed by atoms with Crippen LogP contribution in [0.1, 0.15) is 11.1 Å². The largest absolute Gasteiger partial charge is 0.508 e. The Morgan fingerprint density at radius 1 is 0.717 bits per heavy atom. The molecule has 0 aliphatic rings. The third kappa shape index (κ3) is 6.86. The van der Waals surface area contributed by atoms with Crippen molar-refractivity contribution in [3.05, 3.63) is 118 Å². The lowest BCUT2D eigenvalue weighted by Gasteiger charge is -2.07. The van der Waals surface area contributed by atoms with Gasteiger partial charge in [0.25, 0.3) is 5.69 Å². The summed E-state index contributed by atoms with van der Waals surface area (Å²) in [5.41, 5.74) is 10.5. The van der Waals surface area contributed by atoms with Gasteiger partial charge in [-0.2, -0.15) is 10.2 Å². The molecule has 12 nitrogen and oxygen atoms in total. The molecular weight excluding hydrogens is 598 g/mol. The molecule has 6 aromatic rings. The second-order valence-corrected chi connectivity index (χ2v) is 10.2. The molecule has 46 heavy (non-hydrogen) atoms. The van der Waals surface area contributed by atoms with Gasteiger partial charge in [0.2, 0.25) is 0 Å². The number of aryl methyl sites for hydroxylation is 2. The van der Waals surface area contributed by atoms with Crippen molar-refractivity contribution in [1.29, 1.82) is 0 Å². The number of aromatic hydroxyl groups is 2. The number of nitro groups is 1. The Kier molecular flexibility index (Phi) is 8.80. The first-order valence-electron chi connectivity index (χ1n) is 13.7. The van der Waals surface area contributed by atoms with Crippen LogP contribution >= 0.6 is 0 Å². The van der Waals surface area contributed by atoms with Crippen molar-refractivity contribution >= 4 is 34.4 Å². The summed E-state index contributed by atoms with van der Waals surface area (Å²) < 4.78 is 29.0. The van der Waals surface area contributed by atoms with E-state index < -0.39 is 16.6 Å². The minimum Gasteiger partial charge on any atom is -0.508 e. The van der Waals surface area contributed by atoms with E-state index in [0.29, 0.717) is 33.9 Å². The summed E-state index contributed by atoms with van der Waals surface area (Å²) in [6.07, 6.45) is 0. The highest BCUT2D eigenvalue weighted by molar-refractivity contribution is 5.71. The van der Waals surface area contributed by atoms with Crippen LogP contribution < -0.4 is 16.4 Å². The second-order valence-electron chi connectivity index (χ2n) is 10.2. The highest BCUT2D eigenvalue weighted by Gasteiger charge is 2.17. The number of aromatic nitrogens is 4. The number of anilines is 5. The van der Waals surface area contributed by atoms with Crippen LogP contribution in [-0.2, 0) is 0 Å². The molecule has 0 bridgehead atoms. The molecule has 0 radical (unpaired) electrons. The fourth-order valence-electron chi connectivity index (χ4n) is 4.44. The lowest BCUT2D eigenvalue weighted by atomic mass is 10.1. The molecule has 234 valence electrons. The van der Waals surface area contributed by atoms with Gasteiger partial charge >= 0.3 is 0 Å². The van der Waals surface area contributed by atoms with Gasteiger partial charge in [-0.15, -0.1) is 0 Å². The van der Waals surface area contributed by atoms with Gasteiger partial charge in [0, 0.05) is 40.3 Å². The fourth-order valence-corrected chi connectivity index (χ4v) is 4.44. The molecule has 4 aromatic carbocycles. The van der Waals surface area contributed by atoms with Gasteiger partial charge in [0.1, 0.15) is 22.9 Å². The normalized spacial score (nSPS) is 10.6. The monoisotopic (exact) mass is 626 g/mol. The van der Waals surface area contributed by atoms with E-state index in [1.165, 1.54) is 36.4 Å². The standard InChI is InChI=1S/C16H13FN4O3.C16H15FN4O/c1-9-8-12(22)6-7-13(9)18-16-14(17)15(19-20-16)10-2-4-11(5-3-10)21(23)24;1-9-8-12(22)6-7-13(9)19-16-14(17)15(20-21-16)10-2-4-11(18)5-3-10/h2-8,22H,1H3,(H2,18,19,20);2-8,22H,18H2,1H3,(H2,19,20,21). The first-order valence-corrected chi connectivity index (χ1v) is 13.7. The zero-order valence-corrected chi connectivity index (χ0v) is 24.5. The molecule has 0 amide bonds. The molecule has 2 aromatic heterocycles. The van der Waals surface area contributed by atoms with Gasteiger partial charge in [-0.05, 0) is 85.6 Å². The molecule has 8 N–H and O–H groups in total. The molecule has 0 aliphatic carbocycles. The maximum Gasteiger partial charge on any atom is 0.269 e. The summed E-state index contributed by atoms with van der Waals surface area (Å²) in [4.78, 5) is 10.1. The summed E-state index contributed by atoms with van der Waals surface area (Å²) in [5.74, 6) is -0.702. The van der Waals surface area contributed by atoms with Crippen molar-refractivity contribution in [2.24, 2.45) is 0 Å². The van der Waals surface area contributed by atoms with E-state index in [1.54, 1.807) is 55.5 Å². The van der Waals surface area contributed by atoms with Gasteiger partial charge in [-0.1, -0.05) is 12.1 Å². The number of halogens is 2. The van der Waals surface area contributed by atoms with Crippen LogP contribution in [0, 0.1) is 35.6 Å². The summed E-state index contributed by atoms with van der Waals surface area (Å²) in [5, 5.41) is 48.4. The Balaban J connectivity index is 0.000000182. The number of non-ortho nitro benzene ring substituents is 1. The predicted octanol–water partition coefficient (Wildman–Crippen LogP) is 7.44. The molecule has 0 unspecified atom stereocenters. The topological polar surface area (TPSA) is 191 Å². The molecule has 2 heterocycles. The predicted molar refractivity (Wildman–Crippen MR) is 171 cm³/mol. The quantitative estimate of drug-likeness (QED) is 0.0408. The number of rotatable bonds is 7. The number of hydrogen-bond acceptors (Lipinski definition) is 9. The Labute approximate surface area is 260 Å². The molecule has 0 aliphatic heterocycles. The Morgan fingerprint density at radius 3 is 1.52 bits per heavy atom. The van der Waals surface area contributed by atoms with E-state index in [1.807, 2.05) is 6.92 Å². The smallest absolute Gasteiger partial charge is 0.269 e. The molecule has 0 atom stereocenters. The summed E-state index contributed by atoms with van der Waals surface area (Å²) in [7, 11) is 0. The Morgan fingerprint density at radius 2 is 1.13 bits per heavy atom. The minimum absolute atomic E-state index is 0.00265. The fraction of sp³-hybridized carbons (Fsp3) is 0.0625. The highest BCUT2D eigenvalue weighted by Crippen LogP contribution is 2.31. The number of nitrogen functional groups attached to an aromatic ring is 1. The van der Waals surface area contributed by atoms with Gasteiger partial charge in [0.05, 0.1) is 4.92 Å². The summed E-state index contributed by atoms with van der Waals surface area (Å²) >= 11 is 0. The van der Waals surface area contributed by atoms with Crippen molar-refractivity contribution in [3.63, 3.8) is 0 Å². The Hall–Kier alpha value is -6.44. The van der Waals surface area contributed by atoms with Crippen molar-refractivity contribution in [2.75, 3.05) is 16.4 Å². The number of phenolic OH excluding ortho intramolecular Hbond substituents is 2. The van der Waals surface area contributed by atoms with E-state index in [9.17, 15) is 29.1 Å². The molecule has 0 saturated carbocycles. The number of nitrogens with two attached hydrogens (primary N) is 1. The van der Waals surface area contributed by atoms with E-state index in [4.69, 9.17) is 5.73 Å². The van der Waals surface area contributed by atoms with E-state index >= 15 is 0 Å². The third-order valence-corrected chi connectivity index (χ3v) is 6.91. The SMILES string of the molecule is Cc1cc(O)ccc1Nc1n[nH]c(-c2ccc(N)cc2)c1F.Cc1cc(O)ccc1Nc1n[nH]c(-c2ccc([N+](=O)[O-])cc2)c1F. The lowest BCUT2D eigenvalue weighted by molar-refractivity contribution is -0.384. The first-order chi connectivity index (χ1) is 22.0.